The van der Waals surface area contributed by atoms with Crippen LogP contribution in [0.25, 0.3) is 0 Å². The highest BCUT2D eigenvalue weighted by Gasteiger charge is 2.11. The van der Waals surface area contributed by atoms with Gasteiger partial charge in [-0.3, -0.25) is 0 Å². The first-order valence-electron chi connectivity index (χ1n) is 12.6. The van der Waals surface area contributed by atoms with E-state index >= 15 is 0 Å². The molecule has 0 saturated heterocycles. The minimum Gasteiger partial charge on any atom is -0.487 e. The van der Waals surface area contributed by atoms with E-state index < -0.39 is 0 Å². The zero-order chi connectivity index (χ0) is 24.9. The van der Waals surface area contributed by atoms with Crippen LogP contribution in [0.4, 0.5) is 10.5 Å². The molecule has 0 aliphatic carbocycles. The molecular weight excluding hydrogens is 434 g/mol. The summed E-state index contributed by atoms with van der Waals surface area (Å²) in [5.74, 6) is 0.670. The van der Waals surface area contributed by atoms with Gasteiger partial charge in [0.1, 0.15) is 12.4 Å². The number of rotatable bonds is 13. The number of unbranched alkanes of at least 4 members (excludes halogenated alkanes) is 1. The third-order valence-corrected chi connectivity index (χ3v) is 6.14. The Morgan fingerprint density at radius 3 is 2.23 bits per heavy atom. The lowest BCUT2D eigenvalue weighted by Gasteiger charge is -2.23. The zero-order valence-corrected chi connectivity index (χ0v) is 21.3. The Morgan fingerprint density at radius 2 is 1.54 bits per heavy atom. The Labute approximate surface area is 210 Å². The van der Waals surface area contributed by atoms with Gasteiger partial charge in [-0.2, -0.15) is 0 Å². The predicted molar refractivity (Wildman–Crippen MR) is 145 cm³/mol. The molecule has 3 rings (SSSR count). The lowest BCUT2D eigenvalue weighted by atomic mass is 10.1. The Hall–Kier alpha value is -3.31. The number of hydrogen-bond acceptors (Lipinski definition) is 3. The number of benzene rings is 3. The summed E-state index contributed by atoms with van der Waals surface area (Å²) in [6, 6.07) is 24.7. The number of hydrogen-bond donors (Lipinski definition) is 2. The average molecular weight is 474 g/mol. The van der Waals surface area contributed by atoms with Gasteiger partial charge in [0.15, 0.2) is 0 Å². The number of anilines is 1. The van der Waals surface area contributed by atoms with E-state index in [1.807, 2.05) is 42.5 Å². The van der Waals surface area contributed by atoms with Crippen molar-refractivity contribution in [2.24, 2.45) is 0 Å². The number of urea groups is 1. The summed E-state index contributed by atoms with van der Waals surface area (Å²) in [4.78, 5) is 14.6. The molecule has 0 spiro atoms. The number of nitrogens with one attached hydrogen (secondary N) is 2. The quantitative estimate of drug-likeness (QED) is 0.310. The molecule has 3 aromatic rings. The fourth-order valence-corrected chi connectivity index (χ4v) is 3.92. The van der Waals surface area contributed by atoms with Crippen LogP contribution in [-0.2, 0) is 19.4 Å². The largest absolute Gasteiger partial charge is 0.487 e. The van der Waals surface area contributed by atoms with Gasteiger partial charge in [-0.15, -0.1) is 0 Å². The molecule has 2 amide bonds. The number of carbonyl (C=O) groups excluding carboxylic acids is 1. The Balaban J connectivity index is 1.64. The molecule has 0 saturated carbocycles. The molecule has 0 fully saturated rings. The Morgan fingerprint density at radius 1 is 0.857 bits per heavy atom. The second kappa shape index (κ2) is 14.2. The second-order valence-electron chi connectivity index (χ2n) is 8.99. The first kappa shape index (κ1) is 26.3. The molecule has 0 bridgehead atoms. The third kappa shape index (κ3) is 9.10. The highest BCUT2D eigenvalue weighted by molar-refractivity contribution is 5.90. The maximum Gasteiger partial charge on any atom is 0.319 e. The number of ether oxygens (including phenoxy) is 1. The van der Waals surface area contributed by atoms with Gasteiger partial charge in [0, 0.05) is 20.1 Å². The molecule has 3 aromatic carbocycles. The fraction of sp³-hybridized carbons (Fsp3) is 0.367. The minimum atomic E-state index is -0.255. The molecule has 35 heavy (non-hydrogen) atoms. The van der Waals surface area contributed by atoms with E-state index in [-0.39, 0.29) is 6.03 Å². The van der Waals surface area contributed by atoms with Crippen molar-refractivity contribution in [1.29, 1.82) is 0 Å². The van der Waals surface area contributed by atoms with Crippen LogP contribution in [0.1, 0.15) is 42.0 Å². The summed E-state index contributed by atoms with van der Waals surface area (Å²) in [7, 11) is 1.61. The molecule has 0 atom stereocenters. The molecule has 0 aromatic heterocycles. The van der Waals surface area contributed by atoms with Crippen LogP contribution in [0.2, 0.25) is 0 Å². The van der Waals surface area contributed by atoms with Gasteiger partial charge in [0.25, 0.3) is 0 Å². The second-order valence-corrected chi connectivity index (χ2v) is 8.99. The lowest BCUT2D eigenvalue weighted by Crippen LogP contribution is -2.29. The Kier molecular flexibility index (Phi) is 10.6. The maximum absolute atomic E-state index is 12.1. The summed E-state index contributed by atoms with van der Waals surface area (Å²) in [5, 5.41) is 5.55. The SMILES string of the molecule is CCCCN(CCc1ccc(C)cc1)CCc1ccc(OCc2ccccc2)c(NC(=O)NC)c1. The van der Waals surface area contributed by atoms with Crippen molar-refractivity contribution >= 4 is 11.7 Å². The van der Waals surface area contributed by atoms with Crippen LogP contribution in [-0.4, -0.2) is 37.6 Å². The molecule has 0 aliphatic heterocycles. The number of aryl methyl sites for hydroxylation is 1. The first-order chi connectivity index (χ1) is 17.1. The van der Waals surface area contributed by atoms with Crippen LogP contribution in [0.3, 0.4) is 0 Å². The van der Waals surface area contributed by atoms with E-state index in [0.717, 1.165) is 38.0 Å². The zero-order valence-electron chi connectivity index (χ0n) is 21.3. The van der Waals surface area contributed by atoms with E-state index in [1.165, 1.54) is 29.5 Å². The highest BCUT2D eigenvalue weighted by atomic mass is 16.5. The number of nitrogens with zero attached hydrogens (tertiary/aromatic N) is 1. The van der Waals surface area contributed by atoms with Crippen LogP contribution in [0.5, 0.6) is 5.75 Å². The van der Waals surface area contributed by atoms with Crippen molar-refractivity contribution in [3.63, 3.8) is 0 Å². The van der Waals surface area contributed by atoms with Crippen LogP contribution >= 0.6 is 0 Å². The number of amides is 2. The van der Waals surface area contributed by atoms with E-state index in [9.17, 15) is 4.79 Å². The lowest BCUT2D eigenvalue weighted by molar-refractivity contribution is 0.253. The summed E-state index contributed by atoms with van der Waals surface area (Å²) in [6.45, 7) is 7.95. The highest BCUT2D eigenvalue weighted by Crippen LogP contribution is 2.27. The molecule has 5 heteroatoms. The van der Waals surface area contributed by atoms with Gasteiger partial charge < -0.3 is 20.3 Å². The van der Waals surface area contributed by atoms with E-state index in [4.69, 9.17) is 4.74 Å². The standard InChI is InChI=1S/C30H39N3O2/c1-4-5-19-33(20-17-25-13-11-24(2)12-14-25)21-18-26-15-16-29(28(22-26)32-30(34)31-3)35-23-27-9-7-6-8-10-27/h6-16,22H,4-5,17-21,23H2,1-3H3,(H2,31,32,34). The average Bonchev–Trinajstić information content (AvgIpc) is 2.89. The summed E-state index contributed by atoms with van der Waals surface area (Å²) in [5.41, 5.74) is 5.64. The molecular formula is C30H39N3O2. The van der Waals surface area contributed by atoms with Gasteiger partial charge >= 0.3 is 6.03 Å². The van der Waals surface area contributed by atoms with E-state index in [1.54, 1.807) is 7.05 Å². The van der Waals surface area contributed by atoms with Crippen molar-refractivity contribution < 1.29 is 9.53 Å². The molecule has 0 radical (unpaired) electrons. The van der Waals surface area contributed by atoms with Crippen molar-refractivity contribution in [1.82, 2.24) is 10.2 Å². The summed E-state index contributed by atoms with van der Waals surface area (Å²) >= 11 is 0. The smallest absolute Gasteiger partial charge is 0.319 e. The molecule has 0 aliphatic rings. The molecule has 5 nitrogen and oxygen atoms in total. The maximum atomic E-state index is 12.1. The van der Waals surface area contributed by atoms with Crippen molar-refractivity contribution in [3.05, 3.63) is 95.1 Å². The number of carbonyl (C=O) groups is 1. The first-order valence-corrected chi connectivity index (χ1v) is 12.6. The normalized spacial score (nSPS) is 10.9. The minimum absolute atomic E-state index is 0.255. The predicted octanol–water partition coefficient (Wildman–Crippen LogP) is 6.21. The van der Waals surface area contributed by atoms with E-state index in [0.29, 0.717) is 18.0 Å². The van der Waals surface area contributed by atoms with Crippen LogP contribution in [0, 0.1) is 6.92 Å². The molecule has 186 valence electrons. The van der Waals surface area contributed by atoms with Gasteiger partial charge in [-0.1, -0.05) is 79.6 Å². The summed E-state index contributed by atoms with van der Waals surface area (Å²) in [6.07, 6.45) is 4.36. The van der Waals surface area contributed by atoms with Crippen molar-refractivity contribution in [3.8, 4) is 5.75 Å². The topological polar surface area (TPSA) is 53.6 Å². The van der Waals surface area contributed by atoms with Crippen molar-refractivity contribution in [2.75, 3.05) is 32.0 Å². The molecule has 2 N–H and O–H groups in total. The van der Waals surface area contributed by atoms with Crippen molar-refractivity contribution in [2.45, 2.75) is 46.1 Å². The van der Waals surface area contributed by atoms with Crippen LogP contribution in [0.15, 0.2) is 72.8 Å². The molecule has 0 unspecified atom stereocenters. The van der Waals surface area contributed by atoms with Gasteiger partial charge in [0.2, 0.25) is 0 Å². The third-order valence-electron chi connectivity index (χ3n) is 6.14. The van der Waals surface area contributed by atoms with Gasteiger partial charge in [0.05, 0.1) is 5.69 Å². The van der Waals surface area contributed by atoms with Gasteiger partial charge in [-0.05, 0) is 61.6 Å². The fourth-order valence-electron chi connectivity index (χ4n) is 3.92. The summed E-state index contributed by atoms with van der Waals surface area (Å²) < 4.78 is 6.05. The monoisotopic (exact) mass is 473 g/mol. The Bertz CT molecular complexity index is 1040. The van der Waals surface area contributed by atoms with Crippen LogP contribution < -0.4 is 15.4 Å². The van der Waals surface area contributed by atoms with Gasteiger partial charge in [-0.25, -0.2) is 4.79 Å². The van der Waals surface area contributed by atoms with E-state index in [2.05, 4.69) is 59.7 Å². The molecule has 0 heterocycles.